The number of allylic oxidation sites excluding steroid dienone is 1. The molecule has 49 heavy (non-hydrogen) atoms. The van der Waals surface area contributed by atoms with Crippen LogP contribution in [0.4, 0.5) is 11.4 Å². The second-order valence-electron chi connectivity index (χ2n) is 13.5. The molecule has 3 aliphatic heterocycles. The van der Waals surface area contributed by atoms with Gasteiger partial charge in [-0.3, -0.25) is 34.4 Å². The van der Waals surface area contributed by atoms with E-state index in [2.05, 4.69) is 26.9 Å². The Morgan fingerprint density at radius 3 is 2.59 bits per heavy atom. The number of nitrogens with zero attached hydrogens (tertiary/aromatic N) is 4. The van der Waals surface area contributed by atoms with Gasteiger partial charge in [0.1, 0.15) is 11.6 Å². The van der Waals surface area contributed by atoms with E-state index in [9.17, 15) is 19.2 Å². The normalized spacial score (nSPS) is 24.1. The maximum absolute atomic E-state index is 13.2. The van der Waals surface area contributed by atoms with E-state index in [-0.39, 0.29) is 35.9 Å². The van der Waals surface area contributed by atoms with Gasteiger partial charge in [0.05, 0.1) is 47.4 Å². The molecule has 3 aromatic rings. The highest BCUT2D eigenvalue weighted by atomic mass is 16.5. The first-order valence-corrected chi connectivity index (χ1v) is 17.1. The molecular formula is C36H38N8O5. The van der Waals surface area contributed by atoms with Gasteiger partial charge in [0.2, 0.25) is 11.8 Å². The molecule has 2 saturated carbocycles. The highest BCUT2D eigenvalue weighted by Gasteiger charge is 2.44. The van der Waals surface area contributed by atoms with Crippen molar-refractivity contribution in [1.82, 2.24) is 25.5 Å². The summed E-state index contributed by atoms with van der Waals surface area (Å²) in [6, 6.07) is 10.4. The Morgan fingerprint density at radius 1 is 1.02 bits per heavy atom. The van der Waals surface area contributed by atoms with E-state index in [1.807, 2.05) is 18.3 Å². The van der Waals surface area contributed by atoms with Gasteiger partial charge in [-0.2, -0.15) is 0 Å². The number of carbonyl (C=O) groups excluding carboxylic acids is 4. The molecule has 4 heterocycles. The number of anilines is 2. The first-order chi connectivity index (χ1) is 23.8. The van der Waals surface area contributed by atoms with Gasteiger partial charge in [0.25, 0.3) is 11.8 Å². The summed E-state index contributed by atoms with van der Waals surface area (Å²) in [6.45, 7) is 3.73. The second-order valence-corrected chi connectivity index (χ2v) is 13.5. The average molecular weight is 663 g/mol. The van der Waals surface area contributed by atoms with Crippen LogP contribution < -0.4 is 20.9 Å². The van der Waals surface area contributed by atoms with E-state index in [0.717, 1.165) is 71.7 Å². The number of rotatable bonds is 10. The molecule has 4 amide bonds. The van der Waals surface area contributed by atoms with Crippen LogP contribution in [-0.4, -0.2) is 89.1 Å². The number of para-hydroxylation sites is 1. The molecule has 13 nitrogen and oxygen atoms in total. The smallest absolute Gasteiger partial charge is 0.262 e. The summed E-state index contributed by atoms with van der Waals surface area (Å²) >= 11 is 0. The van der Waals surface area contributed by atoms with Crippen LogP contribution >= 0.6 is 0 Å². The van der Waals surface area contributed by atoms with Crippen molar-refractivity contribution in [2.24, 2.45) is 11.8 Å². The van der Waals surface area contributed by atoms with E-state index in [1.54, 1.807) is 24.4 Å². The minimum atomic E-state index is -0.981. The van der Waals surface area contributed by atoms with Gasteiger partial charge in [0.15, 0.2) is 0 Å². The Labute approximate surface area is 283 Å². The number of nitrogens with one attached hydrogen (secondary N) is 4. The maximum Gasteiger partial charge on any atom is 0.262 e. The number of hydrogen-bond acceptors (Lipinski definition) is 11. The molecule has 2 saturated heterocycles. The van der Waals surface area contributed by atoms with Crippen LogP contribution in [0.5, 0.6) is 0 Å². The number of fused-ring (bicyclic) bond motifs is 2. The van der Waals surface area contributed by atoms with Crippen molar-refractivity contribution in [2.45, 2.75) is 50.6 Å². The van der Waals surface area contributed by atoms with Gasteiger partial charge in [-0.25, -0.2) is 4.98 Å². The fourth-order valence-electron chi connectivity index (χ4n) is 7.18. The number of piperidine rings is 1. The predicted molar refractivity (Wildman–Crippen MR) is 182 cm³/mol. The van der Waals surface area contributed by atoms with Crippen molar-refractivity contribution in [1.29, 1.82) is 5.41 Å². The first-order valence-electron chi connectivity index (χ1n) is 17.1. The molecule has 4 fully saturated rings. The summed E-state index contributed by atoms with van der Waals surface area (Å²) < 4.78 is 5.53. The van der Waals surface area contributed by atoms with Crippen molar-refractivity contribution in [2.75, 3.05) is 43.1 Å². The van der Waals surface area contributed by atoms with E-state index in [4.69, 9.17) is 20.1 Å². The van der Waals surface area contributed by atoms with Gasteiger partial charge in [-0.1, -0.05) is 6.07 Å². The summed E-state index contributed by atoms with van der Waals surface area (Å²) in [5, 5.41) is 18.1. The molecular weight excluding hydrogens is 624 g/mol. The zero-order valence-electron chi connectivity index (χ0n) is 27.0. The van der Waals surface area contributed by atoms with Crippen LogP contribution in [0, 0.1) is 17.2 Å². The van der Waals surface area contributed by atoms with Crippen molar-refractivity contribution in [3.05, 3.63) is 65.6 Å². The molecule has 252 valence electrons. The topological polar surface area (TPSA) is 170 Å². The molecule has 2 aliphatic carbocycles. The molecule has 1 unspecified atom stereocenters. The number of carbonyl (C=O) groups is 4. The third-order valence-electron chi connectivity index (χ3n) is 10.2. The Balaban J connectivity index is 0.893. The molecule has 13 heteroatoms. The molecule has 4 N–H and O–H groups in total. The Bertz CT molecular complexity index is 1910. The summed E-state index contributed by atoms with van der Waals surface area (Å²) in [4.78, 5) is 63.2. The molecule has 0 spiro atoms. The van der Waals surface area contributed by atoms with Crippen LogP contribution in [-0.2, 0) is 14.3 Å². The third kappa shape index (κ3) is 6.03. The maximum atomic E-state index is 13.2. The number of amides is 4. The lowest BCUT2D eigenvalue weighted by atomic mass is 9.80. The van der Waals surface area contributed by atoms with Crippen molar-refractivity contribution < 1.29 is 23.9 Å². The molecule has 0 radical (unpaired) electrons. The number of benzene rings is 2. The molecule has 8 rings (SSSR count). The number of ether oxygens (including phenoxy) is 1. The van der Waals surface area contributed by atoms with Crippen LogP contribution in [0.25, 0.3) is 16.6 Å². The molecule has 1 aromatic heterocycles. The van der Waals surface area contributed by atoms with E-state index in [1.165, 1.54) is 0 Å². The van der Waals surface area contributed by atoms with Crippen molar-refractivity contribution >= 4 is 57.3 Å². The van der Waals surface area contributed by atoms with Gasteiger partial charge in [-0.15, -0.1) is 0 Å². The van der Waals surface area contributed by atoms with Gasteiger partial charge in [-0.05, 0) is 68.4 Å². The van der Waals surface area contributed by atoms with Crippen LogP contribution in [0.2, 0.25) is 0 Å². The molecule has 5 aliphatic rings. The number of imide groups is 2. The highest BCUT2D eigenvalue weighted by molar-refractivity contribution is 6.24. The first kappa shape index (κ1) is 31.1. The minimum absolute atomic E-state index is 0.0854. The number of morpholine rings is 1. The predicted octanol–water partition coefficient (Wildman–Crippen LogP) is 3.12. The number of hydrogen-bond donors (Lipinski definition) is 4. The van der Waals surface area contributed by atoms with Crippen molar-refractivity contribution in [3.8, 4) is 0 Å². The second kappa shape index (κ2) is 12.7. The number of aromatic nitrogens is 2. The third-order valence-corrected chi connectivity index (χ3v) is 10.2. The van der Waals surface area contributed by atoms with Gasteiger partial charge >= 0.3 is 0 Å². The summed E-state index contributed by atoms with van der Waals surface area (Å²) in [7, 11) is 0. The van der Waals surface area contributed by atoms with E-state index in [0.29, 0.717) is 37.1 Å². The molecule has 0 bridgehead atoms. The van der Waals surface area contributed by atoms with Gasteiger partial charge < -0.3 is 25.7 Å². The van der Waals surface area contributed by atoms with E-state index < -0.39 is 29.7 Å². The molecule has 1 atom stereocenters. The zero-order chi connectivity index (χ0) is 33.6. The highest BCUT2D eigenvalue weighted by Crippen LogP contribution is 2.36. The SMILES string of the molecule is N=C(/C(=C\NC1CC(CNc2ccc3c(c2)C(=O)N(C2CCC(=O)NC2=O)C3=O)C1)c1cnc2c(N3CCOCC3)cccc2n1)C1CC1. The quantitative estimate of drug-likeness (QED) is 0.187. The largest absolute Gasteiger partial charge is 0.388 e. The van der Waals surface area contributed by atoms with Crippen LogP contribution in [0.1, 0.15) is 64.9 Å². The Hall–Kier alpha value is -5.17. The minimum Gasteiger partial charge on any atom is -0.388 e. The fourth-order valence-corrected chi connectivity index (χ4v) is 7.18. The van der Waals surface area contributed by atoms with Crippen LogP contribution in [0.15, 0.2) is 48.8 Å². The average Bonchev–Trinajstić information content (AvgIpc) is 3.92. The van der Waals surface area contributed by atoms with Crippen LogP contribution in [0.3, 0.4) is 0 Å². The lowest BCUT2D eigenvalue weighted by Gasteiger charge is -2.36. The Morgan fingerprint density at radius 2 is 1.82 bits per heavy atom. The molecule has 2 aromatic carbocycles. The lowest BCUT2D eigenvalue weighted by molar-refractivity contribution is -0.136. The standard InChI is InChI=1S/C36H38N8O5/c37-32(21-4-5-21)26(28-19-40-33-27(41-28)2-1-3-29(33)43-10-12-49-13-11-43)18-39-23-14-20(15-23)17-38-22-6-7-24-25(16-22)36(48)44(35(24)47)30-8-9-31(45)42-34(30)46/h1-3,6-7,16,18-21,23,30,37-39H,4-5,8-15,17H2,(H,42,45,46)/b26-18-,37-32?. The summed E-state index contributed by atoms with van der Waals surface area (Å²) in [5.74, 6) is -1.38. The fraction of sp³-hybridized carbons (Fsp3) is 0.417. The van der Waals surface area contributed by atoms with Crippen molar-refractivity contribution in [3.63, 3.8) is 0 Å². The monoisotopic (exact) mass is 662 g/mol. The zero-order valence-corrected chi connectivity index (χ0v) is 27.0. The van der Waals surface area contributed by atoms with E-state index >= 15 is 0 Å². The lowest BCUT2D eigenvalue weighted by Crippen LogP contribution is -2.54. The Kier molecular flexibility index (Phi) is 8.06. The van der Waals surface area contributed by atoms with Gasteiger partial charge in [0, 0.05) is 61.2 Å². The summed E-state index contributed by atoms with van der Waals surface area (Å²) in [5.41, 5.74) is 6.08. The summed E-state index contributed by atoms with van der Waals surface area (Å²) in [6.07, 6.45) is 7.87.